The van der Waals surface area contributed by atoms with Crippen LogP contribution in [0.2, 0.25) is 0 Å². The quantitative estimate of drug-likeness (QED) is 0.502. The van der Waals surface area contributed by atoms with Crippen molar-refractivity contribution in [2.45, 2.75) is 18.9 Å². The van der Waals surface area contributed by atoms with E-state index in [1.165, 1.54) is 0 Å². The largest absolute Gasteiger partial charge is 0.468 e. The van der Waals surface area contributed by atoms with Crippen molar-refractivity contribution in [3.05, 3.63) is 83.5 Å². The molecule has 0 amide bonds. The van der Waals surface area contributed by atoms with E-state index in [1.807, 2.05) is 42.5 Å². The minimum atomic E-state index is -0.278. The van der Waals surface area contributed by atoms with Gasteiger partial charge in [-0.3, -0.25) is 5.41 Å². The molecule has 3 heterocycles. The molecule has 2 N–H and O–H groups in total. The molecule has 5 rings (SSSR count). The first-order chi connectivity index (χ1) is 13.8. The van der Waals surface area contributed by atoms with Gasteiger partial charge in [0.2, 0.25) is 5.88 Å². The molecule has 0 bridgehead atoms. The van der Waals surface area contributed by atoms with Crippen LogP contribution in [-0.4, -0.2) is 21.3 Å². The van der Waals surface area contributed by atoms with Crippen LogP contribution in [0.25, 0.3) is 10.8 Å². The fourth-order valence-electron chi connectivity index (χ4n) is 3.86. The van der Waals surface area contributed by atoms with E-state index in [4.69, 9.17) is 19.7 Å². The van der Waals surface area contributed by atoms with E-state index in [2.05, 4.69) is 11.1 Å². The summed E-state index contributed by atoms with van der Waals surface area (Å²) in [7, 11) is 0. The van der Waals surface area contributed by atoms with Crippen LogP contribution in [-0.2, 0) is 6.54 Å². The summed E-state index contributed by atoms with van der Waals surface area (Å²) < 4.78 is 13.7. The second-order valence-corrected chi connectivity index (χ2v) is 6.84. The van der Waals surface area contributed by atoms with Crippen molar-refractivity contribution in [3.63, 3.8) is 0 Å². The molecule has 2 aromatic heterocycles. The van der Waals surface area contributed by atoms with Gasteiger partial charge in [0.05, 0.1) is 17.7 Å². The maximum absolute atomic E-state index is 9.16. The molecule has 0 radical (unpaired) electrons. The Labute approximate surface area is 161 Å². The highest BCUT2D eigenvalue weighted by atomic mass is 16.5. The molecule has 0 saturated carbocycles. The summed E-state index contributed by atoms with van der Waals surface area (Å²) >= 11 is 0. The van der Waals surface area contributed by atoms with E-state index in [9.17, 15) is 0 Å². The van der Waals surface area contributed by atoms with Gasteiger partial charge in [0.1, 0.15) is 23.3 Å². The molecule has 6 heteroatoms. The molecule has 1 aliphatic rings. The van der Waals surface area contributed by atoms with Crippen LogP contribution >= 0.6 is 0 Å². The number of benzene rings is 2. The van der Waals surface area contributed by atoms with Crippen molar-refractivity contribution in [2.24, 2.45) is 0 Å². The molecule has 2 aromatic carbocycles. The maximum Gasteiger partial charge on any atom is 0.228 e. The van der Waals surface area contributed by atoms with Gasteiger partial charge in [-0.1, -0.05) is 36.4 Å². The number of aryl methyl sites for hydroxylation is 1. The number of fused-ring (bicyclic) bond motifs is 4. The predicted molar refractivity (Wildman–Crippen MR) is 103 cm³/mol. The average molecular weight is 373 g/mol. The highest BCUT2D eigenvalue weighted by molar-refractivity contribution is 5.91. The van der Waals surface area contributed by atoms with Crippen LogP contribution in [0, 0.1) is 5.41 Å². The summed E-state index contributed by atoms with van der Waals surface area (Å²) in [5, 5.41) is 20.0. The monoisotopic (exact) mass is 373 g/mol. The lowest BCUT2D eigenvalue weighted by Crippen LogP contribution is -2.30. The minimum absolute atomic E-state index is 0.0659. The number of aliphatic hydroxyl groups is 1. The normalized spacial score (nSPS) is 15.1. The van der Waals surface area contributed by atoms with Crippen molar-refractivity contribution in [1.29, 1.82) is 5.41 Å². The van der Waals surface area contributed by atoms with Gasteiger partial charge in [0, 0.05) is 24.1 Å². The zero-order valence-corrected chi connectivity index (χ0v) is 15.1. The number of nitrogens with one attached hydrogen (secondary N) is 1. The Bertz CT molecular complexity index is 1210. The highest BCUT2D eigenvalue weighted by Crippen LogP contribution is 2.47. The number of furan rings is 1. The summed E-state index contributed by atoms with van der Waals surface area (Å²) in [6, 6.07) is 15.9. The Morgan fingerprint density at radius 2 is 2.00 bits per heavy atom. The summed E-state index contributed by atoms with van der Waals surface area (Å²) in [5.74, 6) is 1.65. The second kappa shape index (κ2) is 6.65. The Hall–Kier alpha value is -3.38. The summed E-state index contributed by atoms with van der Waals surface area (Å²) in [6.07, 6.45) is 3.81. The number of hydrogen-bond donors (Lipinski definition) is 2. The Morgan fingerprint density at radius 3 is 2.82 bits per heavy atom. The fraction of sp³-hybridized carbons (Fsp3) is 0.182. The molecule has 0 fully saturated rings. The van der Waals surface area contributed by atoms with Crippen LogP contribution in [0.4, 0.5) is 0 Å². The first-order valence-electron chi connectivity index (χ1n) is 9.25. The SMILES string of the molecule is N=c1c2c(ncn1CCCO)Oc1c(ccc3ccccc13)[C@@H]2c1ccco1. The third-order valence-electron chi connectivity index (χ3n) is 5.18. The molecule has 4 aromatic rings. The lowest BCUT2D eigenvalue weighted by molar-refractivity contribution is 0.277. The zero-order chi connectivity index (χ0) is 19.1. The zero-order valence-electron chi connectivity index (χ0n) is 15.1. The van der Waals surface area contributed by atoms with Crippen LogP contribution < -0.4 is 10.2 Å². The van der Waals surface area contributed by atoms with Gasteiger partial charge >= 0.3 is 0 Å². The van der Waals surface area contributed by atoms with Crippen LogP contribution in [0.1, 0.15) is 29.2 Å². The lowest BCUT2D eigenvalue weighted by Gasteiger charge is -2.28. The molecule has 6 nitrogen and oxygen atoms in total. The summed E-state index contributed by atoms with van der Waals surface area (Å²) in [6.45, 7) is 0.585. The topological polar surface area (TPSA) is 84.3 Å². The molecule has 140 valence electrons. The number of rotatable bonds is 4. The number of aromatic nitrogens is 2. The molecule has 1 atom stereocenters. The molecule has 0 saturated heterocycles. The van der Waals surface area contributed by atoms with Gasteiger partial charge < -0.3 is 18.8 Å². The molecule has 1 aliphatic heterocycles. The average Bonchev–Trinajstić information content (AvgIpc) is 3.26. The van der Waals surface area contributed by atoms with Crippen LogP contribution in [0.15, 0.2) is 65.5 Å². The van der Waals surface area contributed by atoms with Crippen molar-refractivity contribution < 1.29 is 14.3 Å². The van der Waals surface area contributed by atoms with E-state index in [0.717, 1.165) is 27.8 Å². The van der Waals surface area contributed by atoms with E-state index >= 15 is 0 Å². The standard InChI is InChI=1S/C22H19N3O3/c23-21-19-18(17-7-3-12-27-17)16-9-8-14-5-1-2-6-15(14)20(16)28-22(19)24-13-25(21)10-4-11-26/h1-3,5-9,12-13,18,23,26H,4,10-11H2/t18-/m1/s1. The Kier molecular flexibility index (Phi) is 3.98. The molecule has 0 aliphatic carbocycles. The molecular weight excluding hydrogens is 354 g/mol. The minimum Gasteiger partial charge on any atom is -0.468 e. The summed E-state index contributed by atoms with van der Waals surface area (Å²) in [4.78, 5) is 4.50. The molecule has 0 spiro atoms. The number of ether oxygens (including phenoxy) is 1. The van der Waals surface area contributed by atoms with Gasteiger partial charge in [-0.15, -0.1) is 0 Å². The summed E-state index contributed by atoms with van der Waals surface area (Å²) in [5.41, 5.74) is 1.95. The number of aliphatic hydroxyl groups excluding tert-OH is 1. The predicted octanol–water partition coefficient (Wildman–Crippen LogP) is 3.78. The number of hydrogen-bond acceptors (Lipinski definition) is 5. The van der Waals surface area contributed by atoms with Crippen molar-refractivity contribution in [2.75, 3.05) is 6.61 Å². The highest BCUT2D eigenvalue weighted by Gasteiger charge is 2.34. The lowest BCUT2D eigenvalue weighted by atomic mass is 9.86. The Balaban J connectivity index is 1.77. The molecular formula is C22H19N3O3. The van der Waals surface area contributed by atoms with Crippen molar-refractivity contribution in [1.82, 2.24) is 9.55 Å². The molecule has 0 unspecified atom stereocenters. The Morgan fingerprint density at radius 1 is 1.11 bits per heavy atom. The van der Waals surface area contributed by atoms with Gasteiger partial charge in [-0.2, -0.15) is 0 Å². The second-order valence-electron chi connectivity index (χ2n) is 6.84. The van der Waals surface area contributed by atoms with Gasteiger partial charge in [-0.05, 0) is 23.9 Å². The van der Waals surface area contributed by atoms with Gasteiger partial charge in [0.15, 0.2) is 0 Å². The van der Waals surface area contributed by atoms with E-state index in [1.54, 1.807) is 17.2 Å². The molecule has 28 heavy (non-hydrogen) atoms. The smallest absolute Gasteiger partial charge is 0.228 e. The third kappa shape index (κ3) is 2.53. The first kappa shape index (κ1) is 16.8. The fourth-order valence-corrected chi connectivity index (χ4v) is 3.86. The van der Waals surface area contributed by atoms with Crippen molar-refractivity contribution >= 4 is 10.8 Å². The van der Waals surface area contributed by atoms with Crippen LogP contribution in [0.3, 0.4) is 0 Å². The van der Waals surface area contributed by atoms with E-state index in [-0.39, 0.29) is 12.5 Å². The van der Waals surface area contributed by atoms with Gasteiger partial charge in [-0.25, -0.2) is 4.98 Å². The van der Waals surface area contributed by atoms with E-state index < -0.39 is 0 Å². The van der Waals surface area contributed by atoms with Gasteiger partial charge in [0.25, 0.3) is 0 Å². The van der Waals surface area contributed by atoms with Crippen LogP contribution in [0.5, 0.6) is 11.6 Å². The number of nitrogens with zero attached hydrogens (tertiary/aromatic N) is 2. The first-order valence-corrected chi connectivity index (χ1v) is 9.25. The van der Waals surface area contributed by atoms with Crippen molar-refractivity contribution in [3.8, 4) is 11.6 Å². The maximum atomic E-state index is 9.16. The third-order valence-corrected chi connectivity index (χ3v) is 5.18. The van der Waals surface area contributed by atoms with E-state index in [0.29, 0.717) is 29.9 Å².